The van der Waals surface area contributed by atoms with E-state index in [0.29, 0.717) is 25.3 Å². The van der Waals surface area contributed by atoms with Crippen LogP contribution < -0.4 is 0 Å². The van der Waals surface area contributed by atoms with Gasteiger partial charge >= 0.3 is 0 Å². The molecule has 2 heterocycles. The van der Waals surface area contributed by atoms with Crippen molar-refractivity contribution in [3.63, 3.8) is 0 Å². The van der Waals surface area contributed by atoms with Gasteiger partial charge in [0, 0.05) is 25.5 Å². The van der Waals surface area contributed by atoms with E-state index >= 15 is 0 Å². The highest BCUT2D eigenvalue weighted by Crippen LogP contribution is 2.26. The lowest BCUT2D eigenvalue weighted by Crippen LogP contribution is -2.39. The largest absolute Gasteiger partial charge is 0.385 e. The molecule has 2 unspecified atom stereocenters. The maximum absolute atomic E-state index is 11.5. The third-order valence-electron chi connectivity index (χ3n) is 3.39. The first kappa shape index (κ1) is 14.4. The second-order valence-corrected chi connectivity index (χ2v) is 6.97. The molecule has 1 saturated heterocycles. The third-order valence-corrected chi connectivity index (χ3v) is 4.66. The van der Waals surface area contributed by atoms with Crippen molar-refractivity contribution in [1.29, 1.82) is 0 Å². The van der Waals surface area contributed by atoms with Gasteiger partial charge in [0.25, 0.3) is 0 Å². The molecule has 0 radical (unpaired) electrons. The number of rotatable bonds is 4. The number of aliphatic hydroxyl groups excluding tert-OH is 1. The van der Waals surface area contributed by atoms with Gasteiger partial charge in [0.1, 0.15) is 6.10 Å². The van der Waals surface area contributed by atoms with Crippen molar-refractivity contribution in [2.24, 2.45) is 5.92 Å². The molecule has 2 rings (SSSR count). The smallest absolute Gasteiger partial charge is 0.211 e. The van der Waals surface area contributed by atoms with Gasteiger partial charge in [0.15, 0.2) is 5.82 Å². The summed E-state index contributed by atoms with van der Waals surface area (Å²) in [6.07, 6.45) is 5.94. The van der Waals surface area contributed by atoms with Gasteiger partial charge in [-0.1, -0.05) is 0 Å². The van der Waals surface area contributed by atoms with Crippen molar-refractivity contribution in [2.45, 2.75) is 25.4 Å². The van der Waals surface area contributed by atoms with Crippen LogP contribution in [0.2, 0.25) is 0 Å². The van der Waals surface area contributed by atoms with Crippen LogP contribution in [-0.4, -0.2) is 47.1 Å². The molecular formula is C12H19N3O3S. The number of hydrogen-bond donors (Lipinski definition) is 1. The molecule has 1 aliphatic rings. The molecule has 6 nitrogen and oxygen atoms in total. The molecule has 0 amide bonds. The topological polar surface area (TPSA) is 83.4 Å². The van der Waals surface area contributed by atoms with Crippen molar-refractivity contribution < 1.29 is 13.5 Å². The summed E-state index contributed by atoms with van der Waals surface area (Å²) in [5.74, 6) is 0.557. The maximum atomic E-state index is 11.5. The third kappa shape index (κ3) is 3.95. The molecule has 2 atom stereocenters. The van der Waals surface area contributed by atoms with Gasteiger partial charge in [0.05, 0.1) is 6.26 Å². The van der Waals surface area contributed by atoms with E-state index < -0.39 is 16.1 Å². The van der Waals surface area contributed by atoms with Crippen LogP contribution in [0.25, 0.3) is 0 Å². The molecule has 0 aliphatic carbocycles. The van der Waals surface area contributed by atoms with E-state index in [9.17, 15) is 13.5 Å². The summed E-state index contributed by atoms with van der Waals surface area (Å²) in [5, 5.41) is 10.1. The SMILES string of the molecule is CS(=O)(=O)N1CCCC(CC(O)c2ncccn2)C1. The van der Waals surface area contributed by atoms with Crippen molar-refractivity contribution >= 4 is 10.0 Å². The monoisotopic (exact) mass is 285 g/mol. The molecule has 1 aromatic heterocycles. The Balaban J connectivity index is 1.96. The summed E-state index contributed by atoms with van der Waals surface area (Å²) in [5.41, 5.74) is 0. The summed E-state index contributed by atoms with van der Waals surface area (Å²) in [6, 6.07) is 1.70. The van der Waals surface area contributed by atoms with Crippen molar-refractivity contribution in [2.75, 3.05) is 19.3 Å². The number of hydrogen-bond acceptors (Lipinski definition) is 5. The Morgan fingerprint density at radius 1 is 1.47 bits per heavy atom. The number of nitrogens with zero attached hydrogens (tertiary/aromatic N) is 3. The fourth-order valence-electron chi connectivity index (χ4n) is 2.42. The second-order valence-electron chi connectivity index (χ2n) is 4.99. The molecule has 0 bridgehead atoms. The minimum Gasteiger partial charge on any atom is -0.385 e. The first-order valence-corrected chi connectivity index (χ1v) is 8.22. The minimum atomic E-state index is -3.14. The zero-order valence-corrected chi connectivity index (χ0v) is 11.8. The lowest BCUT2D eigenvalue weighted by atomic mass is 9.93. The van der Waals surface area contributed by atoms with Gasteiger partial charge in [-0.05, 0) is 31.2 Å². The number of piperidine rings is 1. The van der Waals surface area contributed by atoms with E-state index in [-0.39, 0.29) is 5.92 Å². The number of aliphatic hydroxyl groups is 1. The maximum Gasteiger partial charge on any atom is 0.211 e. The van der Waals surface area contributed by atoms with E-state index in [0.717, 1.165) is 12.8 Å². The van der Waals surface area contributed by atoms with Gasteiger partial charge in [-0.3, -0.25) is 0 Å². The fraction of sp³-hybridized carbons (Fsp3) is 0.667. The Morgan fingerprint density at radius 3 is 2.79 bits per heavy atom. The number of sulfonamides is 1. The van der Waals surface area contributed by atoms with E-state index in [1.54, 1.807) is 18.5 Å². The second kappa shape index (κ2) is 5.94. The zero-order chi connectivity index (χ0) is 13.9. The highest BCUT2D eigenvalue weighted by Gasteiger charge is 2.28. The Morgan fingerprint density at radius 2 is 2.16 bits per heavy atom. The lowest BCUT2D eigenvalue weighted by Gasteiger charge is -2.31. The van der Waals surface area contributed by atoms with E-state index in [4.69, 9.17) is 0 Å². The molecule has 19 heavy (non-hydrogen) atoms. The Labute approximate surface area is 113 Å². The fourth-order valence-corrected chi connectivity index (χ4v) is 3.37. The molecule has 7 heteroatoms. The van der Waals surface area contributed by atoms with Crippen molar-refractivity contribution in [1.82, 2.24) is 14.3 Å². The first-order chi connectivity index (χ1) is 8.97. The summed E-state index contributed by atoms with van der Waals surface area (Å²) >= 11 is 0. The van der Waals surface area contributed by atoms with Gasteiger partial charge in [-0.2, -0.15) is 0 Å². The average molecular weight is 285 g/mol. The minimum absolute atomic E-state index is 0.155. The highest BCUT2D eigenvalue weighted by atomic mass is 32.2. The van der Waals surface area contributed by atoms with Crippen LogP contribution in [0.5, 0.6) is 0 Å². The standard InChI is InChI=1S/C12H19N3O3S/c1-19(17,18)15-7-2-4-10(9-15)8-11(16)12-13-5-3-6-14-12/h3,5-6,10-11,16H,2,4,7-9H2,1H3. The summed E-state index contributed by atoms with van der Waals surface area (Å²) in [6.45, 7) is 1.05. The van der Waals surface area contributed by atoms with E-state index in [1.165, 1.54) is 10.6 Å². The van der Waals surface area contributed by atoms with Gasteiger partial charge < -0.3 is 5.11 Å². The summed E-state index contributed by atoms with van der Waals surface area (Å²) in [4.78, 5) is 8.04. The van der Waals surface area contributed by atoms with E-state index in [1.807, 2.05) is 0 Å². The molecule has 1 N–H and O–H groups in total. The van der Waals surface area contributed by atoms with Crippen LogP contribution in [0.4, 0.5) is 0 Å². The molecule has 1 aromatic rings. The Kier molecular flexibility index (Phi) is 4.49. The van der Waals surface area contributed by atoms with Gasteiger partial charge in [0.2, 0.25) is 10.0 Å². The quantitative estimate of drug-likeness (QED) is 0.874. The molecule has 1 aliphatic heterocycles. The predicted molar refractivity (Wildman–Crippen MR) is 70.7 cm³/mol. The molecule has 0 spiro atoms. The van der Waals surface area contributed by atoms with Gasteiger partial charge in [-0.25, -0.2) is 22.7 Å². The molecule has 106 valence electrons. The van der Waals surface area contributed by atoms with E-state index in [2.05, 4.69) is 9.97 Å². The van der Waals surface area contributed by atoms with Crippen LogP contribution in [0.3, 0.4) is 0 Å². The Bertz CT molecular complexity index is 506. The zero-order valence-electron chi connectivity index (χ0n) is 10.9. The van der Waals surface area contributed by atoms with Crippen molar-refractivity contribution in [3.8, 4) is 0 Å². The van der Waals surface area contributed by atoms with Crippen LogP contribution in [-0.2, 0) is 10.0 Å². The highest BCUT2D eigenvalue weighted by molar-refractivity contribution is 7.88. The number of aromatic nitrogens is 2. The van der Waals surface area contributed by atoms with Crippen LogP contribution in [0.1, 0.15) is 31.2 Å². The summed E-state index contributed by atoms with van der Waals surface area (Å²) < 4.78 is 24.5. The molecule has 1 fully saturated rings. The first-order valence-electron chi connectivity index (χ1n) is 6.37. The van der Waals surface area contributed by atoms with Crippen LogP contribution in [0.15, 0.2) is 18.5 Å². The normalized spacial score (nSPS) is 23.2. The molecular weight excluding hydrogens is 266 g/mol. The van der Waals surface area contributed by atoms with Crippen LogP contribution in [0, 0.1) is 5.92 Å². The lowest BCUT2D eigenvalue weighted by molar-refractivity contribution is 0.115. The predicted octanol–water partition coefficient (Wildman–Crippen LogP) is 0.572. The summed E-state index contributed by atoms with van der Waals surface area (Å²) in [7, 11) is -3.14. The Hall–Kier alpha value is -1.05. The van der Waals surface area contributed by atoms with Gasteiger partial charge in [-0.15, -0.1) is 0 Å². The molecule has 0 aromatic carbocycles. The van der Waals surface area contributed by atoms with Crippen LogP contribution >= 0.6 is 0 Å². The van der Waals surface area contributed by atoms with Crippen molar-refractivity contribution in [3.05, 3.63) is 24.3 Å². The molecule has 0 saturated carbocycles. The average Bonchev–Trinajstić information content (AvgIpc) is 2.39.